The van der Waals surface area contributed by atoms with Crippen LogP contribution in [0.15, 0.2) is 12.2 Å². The van der Waals surface area contributed by atoms with Gasteiger partial charge < -0.3 is 39.9 Å². The third kappa shape index (κ3) is 24.3. The van der Waals surface area contributed by atoms with Crippen LogP contribution in [0.2, 0.25) is 0 Å². The first-order valence-electron chi connectivity index (χ1n) is 21.0. The molecule has 1 fully saturated rings. The highest BCUT2D eigenvalue weighted by Gasteiger charge is 2.51. The molecule has 0 aromatic carbocycles. The van der Waals surface area contributed by atoms with Crippen molar-refractivity contribution >= 4 is 19.8 Å². The number of aliphatic hydroxyl groups excluding tert-OH is 5. The standard InChI is InChI=1S/C40H75O13P/c1-3-5-7-9-11-13-14-15-16-17-18-19-21-23-25-27-29-34(42)52-32(30-50-33(41)28-26-24-22-20-12-10-8-6-4-2)31-51-54(48,49)53-40-38(46)36(44)35(43)37(45)39(40)47/h16-17,32,35-40,43-47H,3-15,18-31H2,1-2H3,(H,48,49)/b17-16-/t32-,35?,36-,37?,38?,39?,40?/m1/s1. The molecule has 6 N–H and O–H groups in total. The topological polar surface area (TPSA) is 210 Å². The molecule has 6 unspecified atom stereocenters. The lowest BCUT2D eigenvalue weighted by Crippen LogP contribution is -2.64. The molecule has 1 saturated carbocycles. The molecule has 54 heavy (non-hydrogen) atoms. The predicted octanol–water partition coefficient (Wildman–Crippen LogP) is 7.11. The Bertz CT molecular complexity index is 1010. The summed E-state index contributed by atoms with van der Waals surface area (Å²) in [4.78, 5) is 35.5. The van der Waals surface area contributed by atoms with Crippen LogP contribution in [0.1, 0.15) is 174 Å². The van der Waals surface area contributed by atoms with Crippen molar-refractivity contribution in [2.75, 3.05) is 13.2 Å². The Kier molecular flexibility index (Phi) is 29.7. The van der Waals surface area contributed by atoms with Crippen molar-refractivity contribution in [3.8, 4) is 0 Å². The second-order valence-corrected chi connectivity index (χ2v) is 16.3. The van der Waals surface area contributed by atoms with Crippen molar-refractivity contribution in [2.24, 2.45) is 0 Å². The number of allylic oxidation sites excluding steroid dienone is 2. The Morgan fingerprint density at radius 3 is 1.41 bits per heavy atom. The molecule has 0 spiro atoms. The summed E-state index contributed by atoms with van der Waals surface area (Å²) in [5, 5.41) is 50.0. The molecule has 0 saturated heterocycles. The Balaban J connectivity index is 2.49. The van der Waals surface area contributed by atoms with Gasteiger partial charge in [0.2, 0.25) is 0 Å². The molecule has 1 aliphatic carbocycles. The normalized spacial score (nSPS) is 23.3. The van der Waals surface area contributed by atoms with Crippen LogP contribution in [-0.4, -0.2) is 98.3 Å². The Morgan fingerprint density at radius 2 is 0.944 bits per heavy atom. The fourth-order valence-corrected chi connectivity index (χ4v) is 7.37. The van der Waals surface area contributed by atoms with Crippen LogP contribution in [0.5, 0.6) is 0 Å². The minimum atomic E-state index is -5.11. The summed E-state index contributed by atoms with van der Waals surface area (Å²) in [6, 6.07) is 0. The molecule has 318 valence electrons. The van der Waals surface area contributed by atoms with Gasteiger partial charge in [0.15, 0.2) is 6.10 Å². The van der Waals surface area contributed by atoms with E-state index in [0.717, 1.165) is 57.8 Å². The van der Waals surface area contributed by atoms with E-state index in [0.29, 0.717) is 12.8 Å². The molecule has 0 aliphatic heterocycles. The van der Waals surface area contributed by atoms with Gasteiger partial charge in [-0.15, -0.1) is 0 Å². The van der Waals surface area contributed by atoms with E-state index in [2.05, 4.69) is 26.0 Å². The third-order valence-electron chi connectivity index (χ3n) is 9.86. The largest absolute Gasteiger partial charge is 0.472 e. The number of carbonyl (C=O) groups is 2. The van der Waals surface area contributed by atoms with Crippen LogP contribution in [-0.2, 0) is 32.7 Å². The number of hydrogen-bond donors (Lipinski definition) is 6. The molecular weight excluding hydrogens is 719 g/mol. The molecule has 0 radical (unpaired) electrons. The minimum Gasteiger partial charge on any atom is -0.462 e. The smallest absolute Gasteiger partial charge is 0.462 e. The van der Waals surface area contributed by atoms with Crippen molar-refractivity contribution < 1.29 is 63.1 Å². The van der Waals surface area contributed by atoms with E-state index in [4.69, 9.17) is 18.5 Å². The maximum atomic E-state index is 12.7. The van der Waals surface area contributed by atoms with E-state index in [1.807, 2.05) is 0 Å². The van der Waals surface area contributed by atoms with Crippen LogP contribution in [0.4, 0.5) is 0 Å². The zero-order chi connectivity index (χ0) is 40.0. The Morgan fingerprint density at radius 1 is 0.556 bits per heavy atom. The third-order valence-corrected chi connectivity index (χ3v) is 10.8. The summed E-state index contributed by atoms with van der Waals surface area (Å²) < 4.78 is 33.3. The zero-order valence-electron chi connectivity index (χ0n) is 33.3. The molecule has 0 bridgehead atoms. The summed E-state index contributed by atoms with van der Waals surface area (Å²) in [7, 11) is -5.11. The van der Waals surface area contributed by atoms with Gasteiger partial charge in [-0.05, 0) is 38.5 Å². The van der Waals surface area contributed by atoms with Gasteiger partial charge in [0.1, 0.15) is 43.2 Å². The van der Waals surface area contributed by atoms with E-state index in [1.165, 1.54) is 77.0 Å². The molecule has 0 heterocycles. The molecule has 8 atom stereocenters. The van der Waals surface area contributed by atoms with Gasteiger partial charge in [-0.1, -0.05) is 135 Å². The maximum Gasteiger partial charge on any atom is 0.472 e. The van der Waals surface area contributed by atoms with Crippen LogP contribution in [0.25, 0.3) is 0 Å². The van der Waals surface area contributed by atoms with Crippen molar-refractivity contribution in [3.63, 3.8) is 0 Å². The van der Waals surface area contributed by atoms with Gasteiger partial charge >= 0.3 is 19.8 Å². The fourth-order valence-electron chi connectivity index (χ4n) is 6.40. The number of phosphoric acid groups is 1. The molecular formula is C40H75O13P. The molecule has 1 aliphatic rings. The van der Waals surface area contributed by atoms with E-state index in [-0.39, 0.29) is 12.8 Å². The first kappa shape index (κ1) is 50.6. The highest BCUT2D eigenvalue weighted by Crippen LogP contribution is 2.47. The monoisotopic (exact) mass is 794 g/mol. The average molecular weight is 795 g/mol. The first-order chi connectivity index (χ1) is 25.9. The maximum absolute atomic E-state index is 12.7. The molecule has 0 aromatic heterocycles. The van der Waals surface area contributed by atoms with Crippen molar-refractivity contribution in [1.82, 2.24) is 0 Å². The molecule has 1 rings (SSSR count). The number of carbonyl (C=O) groups excluding carboxylic acids is 2. The number of hydrogen-bond acceptors (Lipinski definition) is 12. The van der Waals surface area contributed by atoms with Crippen LogP contribution < -0.4 is 0 Å². The lowest BCUT2D eigenvalue weighted by Gasteiger charge is -2.41. The van der Waals surface area contributed by atoms with Gasteiger partial charge in [-0.3, -0.25) is 18.6 Å². The predicted molar refractivity (Wildman–Crippen MR) is 207 cm³/mol. The number of esters is 2. The number of aliphatic hydroxyl groups is 5. The van der Waals surface area contributed by atoms with Gasteiger partial charge in [0.25, 0.3) is 0 Å². The highest BCUT2D eigenvalue weighted by atomic mass is 31.2. The van der Waals surface area contributed by atoms with Crippen LogP contribution >= 0.6 is 7.82 Å². The van der Waals surface area contributed by atoms with E-state index >= 15 is 0 Å². The van der Waals surface area contributed by atoms with Crippen LogP contribution in [0, 0.1) is 0 Å². The summed E-state index contributed by atoms with van der Waals surface area (Å²) >= 11 is 0. The zero-order valence-corrected chi connectivity index (χ0v) is 34.2. The number of rotatable bonds is 34. The second-order valence-electron chi connectivity index (χ2n) is 14.8. The van der Waals surface area contributed by atoms with Crippen LogP contribution in [0.3, 0.4) is 0 Å². The first-order valence-corrected chi connectivity index (χ1v) is 22.5. The summed E-state index contributed by atoms with van der Waals surface area (Å²) in [6.07, 6.45) is 17.2. The number of phosphoric ester groups is 1. The molecule has 0 aromatic rings. The molecule has 13 nitrogen and oxygen atoms in total. The Labute approximate surface area is 324 Å². The van der Waals surface area contributed by atoms with Gasteiger partial charge in [0, 0.05) is 12.8 Å². The lowest BCUT2D eigenvalue weighted by molar-refractivity contribution is -0.220. The van der Waals surface area contributed by atoms with Crippen molar-refractivity contribution in [3.05, 3.63) is 12.2 Å². The van der Waals surface area contributed by atoms with E-state index in [9.17, 15) is 44.6 Å². The second kappa shape index (κ2) is 31.6. The summed E-state index contributed by atoms with van der Waals surface area (Å²) in [5.41, 5.74) is 0. The number of unbranched alkanes of at least 4 members (excludes halogenated alkanes) is 20. The lowest BCUT2D eigenvalue weighted by atomic mass is 9.85. The summed E-state index contributed by atoms with van der Waals surface area (Å²) in [5.74, 6) is -1.11. The molecule has 14 heteroatoms. The van der Waals surface area contributed by atoms with E-state index in [1.54, 1.807) is 0 Å². The van der Waals surface area contributed by atoms with E-state index < -0.39 is 75.7 Å². The SMILES string of the molecule is CCCCCCCCC/C=C\CCCCCCCC(=O)O[C@H](COC(=O)CCCCCCCCCCC)COP(=O)(O)OC1C(O)C(O)C(O)[C@@H](O)C1O. The average Bonchev–Trinajstić information content (AvgIpc) is 3.15. The fraction of sp³-hybridized carbons (Fsp3) is 0.900. The van der Waals surface area contributed by atoms with Crippen molar-refractivity contribution in [2.45, 2.75) is 217 Å². The molecule has 0 amide bonds. The van der Waals surface area contributed by atoms with Gasteiger partial charge in [-0.2, -0.15) is 0 Å². The minimum absolute atomic E-state index is 0.0904. The van der Waals surface area contributed by atoms with Gasteiger partial charge in [0.05, 0.1) is 6.61 Å². The number of ether oxygens (including phenoxy) is 2. The Hall–Kier alpha value is -1.41. The van der Waals surface area contributed by atoms with Crippen molar-refractivity contribution in [1.29, 1.82) is 0 Å². The summed E-state index contributed by atoms with van der Waals surface area (Å²) in [6.45, 7) is 3.25. The van der Waals surface area contributed by atoms with Gasteiger partial charge in [-0.25, -0.2) is 4.57 Å². The quantitative estimate of drug-likeness (QED) is 0.0166. The highest BCUT2D eigenvalue weighted by molar-refractivity contribution is 7.47.